The molecule has 0 radical (unpaired) electrons. The summed E-state index contributed by atoms with van der Waals surface area (Å²) in [5.74, 6) is -0.997. The van der Waals surface area contributed by atoms with Gasteiger partial charge in [-0.15, -0.1) is 0 Å². The number of hydrazone groups is 1. The van der Waals surface area contributed by atoms with E-state index in [1.54, 1.807) is 0 Å². The molecule has 0 spiro atoms. The van der Waals surface area contributed by atoms with E-state index >= 15 is 0 Å². The number of hydrogen-bond acceptors (Lipinski definition) is 4. The zero-order chi connectivity index (χ0) is 21.2. The van der Waals surface area contributed by atoms with Gasteiger partial charge in [0.25, 0.3) is 0 Å². The summed E-state index contributed by atoms with van der Waals surface area (Å²) in [4.78, 5) is 23.8. The van der Waals surface area contributed by atoms with E-state index in [1.807, 2.05) is 78.9 Å². The lowest BCUT2D eigenvalue weighted by Crippen LogP contribution is -2.37. The number of benzene rings is 3. The number of amides is 2. The molecule has 0 heterocycles. The molecule has 6 nitrogen and oxygen atoms in total. The third-order valence-electron chi connectivity index (χ3n) is 4.08. The Hall–Kier alpha value is -3.45. The second kappa shape index (κ2) is 10.9. The Kier molecular flexibility index (Phi) is 7.74. The molecule has 0 aromatic heterocycles. The summed E-state index contributed by atoms with van der Waals surface area (Å²) in [5.41, 5.74) is 4.83. The molecule has 7 heteroatoms. The van der Waals surface area contributed by atoms with E-state index in [-0.39, 0.29) is 6.54 Å². The highest BCUT2D eigenvalue weighted by molar-refractivity contribution is 9.10. The minimum atomic E-state index is -0.844. The van der Waals surface area contributed by atoms with Gasteiger partial charge in [0.2, 0.25) is 0 Å². The number of hydrogen-bond donors (Lipinski definition) is 2. The normalized spacial score (nSPS) is 10.6. The van der Waals surface area contributed by atoms with Crippen LogP contribution in [0.2, 0.25) is 0 Å². The van der Waals surface area contributed by atoms with Gasteiger partial charge in [0.05, 0.1) is 6.21 Å². The van der Waals surface area contributed by atoms with Crippen LogP contribution in [0, 0.1) is 0 Å². The molecule has 2 N–H and O–H groups in total. The molecule has 30 heavy (non-hydrogen) atoms. The maximum absolute atomic E-state index is 11.9. The van der Waals surface area contributed by atoms with Gasteiger partial charge in [-0.1, -0.05) is 76.6 Å². The van der Waals surface area contributed by atoms with Crippen molar-refractivity contribution in [3.8, 4) is 5.75 Å². The zero-order valence-corrected chi connectivity index (χ0v) is 17.6. The fraction of sp³-hybridized carbons (Fsp3) is 0.0870. The summed E-state index contributed by atoms with van der Waals surface area (Å²) in [7, 11) is 0. The van der Waals surface area contributed by atoms with Gasteiger partial charge in [-0.25, -0.2) is 5.43 Å². The molecule has 0 bridgehead atoms. The Morgan fingerprint density at radius 3 is 2.27 bits per heavy atom. The molecule has 0 aliphatic heterocycles. The quantitative estimate of drug-likeness (QED) is 0.316. The summed E-state index contributed by atoms with van der Waals surface area (Å²) in [6.07, 6.45) is 1.44. The summed E-state index contributed by atoms with van der Waals surface area (Å²) in [5, 5.41) is 6.44. The van der Waals surface area contributed by atoms with Crippen LogP contribution < -0.4 is 15.5 Å². The minimum Gasteiger partial charge on any atom is -0.488 e. The van der Waals surface area contributed by atoms with Gasteiger partial charge < -0.3 is 10.1 Å². The number of nitrogens with one attached hydrogen (secondary N) is 2. The van der Waals surface area contributed by atoms with Crippen LogP contribution in [0.15, 0.2) is 88.4 Å². The van der Waals surface area contributed by atoms with Gasteiger partial charge in [-0.3, -0.25) is 9.59 Å². The van der Waals surface area contributed by atoms with E-state index in [0.717, 1.165) is 15.6 Å². The van der Waals surface area contributed by atoms with Crippen molar-refractivity contribution in [2.75, 3.05) is 0 Å². The van der Waals surface area contributed by atoms with Crippen molar-refractivity contribution in [1.82, 2.24) is 10.7 Å². The SMILES string of the molecule is O=C(NCc1ccccc1)C(=O)N/N=C\c1cc(Br)ccc1OCc1ccccc1. The maximum Gasteiger partial charge on any atom is 0.329 e. The predicted molar refractivity (Wildman–Crippen MR) is 119 cm³/mol. The lowest BCUT2D eigenvalue weighted by Gasteiger charge is -2.09. The van der Waals surface area contributed by atoms with Crippen LogP contribution >= 0.6 is 15.9 Å². The Labute approximate surface area is 183 Å². The summed E-state index contributed by atoms with van der Waals surface area (Å²) in [6.45, 7) is 0.664. The first kappa shape index (κ1) is 21.3. The number of carbonyl (C=O) groups is 2. The topological polar surface area (TPSA) is 79.8 Å². The van der Waals surface area contributed by atoms with Gasteiger partial charge in [0.1, 0.15) is 12.4 Å². The molecule has 0 atom stereocenters. The summed E-state index contributed by atoms with van der Waals surface area (Å²) < 4.78 is 6.70. The first-order valence-corrected chi connectivity index (χ1v) is 10.0. The highest BCUT2D eigenvalue weighted by atomic mass is 79.9. The molecular formula is C23H20BrN3O3. The van der Waals surface area contributed by atoms with Gasteiger partial charge in [0.15, 0.2) is 0 Å². The molecule has 152 valence electrons. The minimum absolute atomic E-state index is 0.264. The average Bonchev–Trinajstić information content (AvgIpc) is 2.78. The van der Waals surface area contributed by atoms with Crippen LogP contribution in [-0.2, 0) is 22.7 Å². The molecule has 0 aliphatic carbocycles. The van der Waals surface area contributed by atoms with Gasteiger partial charge >= 0.3 is 11.8 Å². The second-order valence-electron chi connectivity index (χ2n) is 6.32. The van der Waals surface area contributed by atoms with Crippen molar-refractivity contribution in [2.45, 2.75) is 13.2 Å². The number of carbonyl (C=O) groups excluding carboxylic acids is 2. The average molecular weight is 466 g/mol. The van der Waals surface area contributed by atoms with Crippen molar-refractivity contribution < 1.29 is 14.3 Å². The largest absolute Gasteiger partial charge is 0.488 e. The Morgan fingerprint density at radius 1 is 0.900 bits per heavy atom. The van der Waals surface area contributed by atoms with Crippen LogP contribution in [0.3, 0.4) is 0 Å². The first-order chi connectivity index (χ1) is 14.6. The van der Waals surface area contributed by atoms with E-state index in [9.17, 15) is 9.59 Å². The Bertz CT molecular complexity index is 1020. The Balaban J connectivity index is 1.56. The molecule has 0 unspecified atom stereocenters. The summed E-state index contributed by atoms with van der Waals surface area (Å²) in [6, 6.07) is 24.6. The van der Waals surface area contributed by atoms with E-state index in [1.165, 1.54) is 6.21 Å². The second-order valence-corrected chi connectivity index (χ2v) is 7.24. The van der Waals surface area contributed by atoms with Crippen LogP contribution in [0.4, 0.5) is 0 Å². The van der Waals surface area contributed by atoms with E-state index in [2.05, 4.69) is 31.8 Å². The van der Waals surface area contributed by atoms with Crippen LogP contribution in [-0.4, -0.2) is 18.0 Å². The monoisotopic (exact) mass is 465 g/mol. The third-order valence-corrected chi connectivity index (χ3v) is 4.57. The van der Waals surface area contributed by atoms with Crippen molar-refractivity contribution in [3.63, 3.8) is 0 Å². The van der Waals surface area contributed by atoms with Crippen molar-refractivity contribution in [2.24, 2.45) is 5.10 Å². The predicted octanol–water partition coefficient (Wildman–Crippen LogP) is 3.79. The standard InChI is InChI=1S/C23H20BrN3O3/c24-20-11-12-21(30-16-18-9-5-2-6-10-18)19(13-20)15-26-27-23(29)22(28)25-14-17-7-3-1-4-8-17/h1-13,15H,14,16H2,(H,25,28)(H,27,29)/b26-15-. The maximum atomic E-state index is 11.9. The zero-order valence-electron chi connectivity index (χ0n) is 16.0. The molecule has 3 aromatic rings. The molecule has 3 rings (SSSR count). The molecule has 0 aliphatic rings. The van der Waals surface area contributed by atoms with Crippen molar-refractivity contribution >= 4 is 34.0 Å². The molecule has 3 aromatic carbocycles. The fourth-order valence-corrected chi connectivity index (χ4v) is 2.94. The van der Waals surface area contributed by atoms with Crippen LogP contribution in [0.5, 0.6) is 5.75 Å². The Morgan fingerprint density at radius 2 is 1.57 bits per heavy atom. The molecule has 2 amide bonds. The number of ether oxygens (including phenoxy) is 1. The molecule has 0 saturated carbocycles. The highest BCUT2D eigenvalue weighted by Crippen LogP contribution is 2.22. The third kappa shape index (κ3) is 6.56. The van der Waals surface area contributed by atoms with E-state index in [0.29, 0.717) is 17.9 Å². The lowest BCUT2D eigenvalue weighted by molar-refractivity contribution is -0.139. The molecular weight excluding hydrogens is 446 g/mol. The molecule has 0 saturated heterocycles. The lowest BCUT2D eigenvalue weighted by atomic mass is 10.2. The van der Waals surface area contributed by atoms with Gasteiger partial charge in [-0.2, -0.15) is 5.10 Å². The number of rotatable bonds is 7. The van der Waals surface area contributed by atoms with Crippen LogP contribution in [0.25, 0.3) is 0 Å². The van der Waals surface area contributed by atoms with Crippen molar-refractivity contribution in [1.29, 1.82) is 0 Å². The van der Waals surface area contributed by atoms with Crippen LogP contribution in [0.1, 0.15) is 16.7 Å². The fourth-order valence-electron chi connectivity index (χ4n) is 2.56. The smallest absolute Gasteiger partial charge is 0.329 e. The first-order valence-electron chi connectivity index (χ1n) is 9.23. The van der Waals surface area contributed by atoms with E-state index in [4.69, 9.17) is 4.74 Å². The van der Waals surface area contributed by atoms with Gasteiger partial charge in [-0.05, 0) is 29.3 Å². The number of halogens is 1. The summed E-state index contributed by atoms with van der Waals surface area (Å²) >= 11 is 3.41. The van der Waals surface area contributed by atoms with Gasteiger partial charge in [0, 0.05) is 16.6 Å². The number of nitrogens with zero attached hydrogens (tertiary/aromatic N) is 1. The highest BCUT2D eigenvalue weighted by Gasteiger charge is 2.12. The van der Waals surface area contributed by atoms with E-state index < -0.39 is 11.8 Å². The molecule has 0 fully saturated rings. The van der Waals surface area contributed by atoms with Crippen molar-refractivity contribution in [3.05, 3.63) is 100 Å².